The van der Waals surface area contributed by atoms with Crippen molar-refractivity contribution in [3.63, 3.8) is 0 Å². The average molecular weight is 227 g/mol. The summed E-state index contributed by atoms with van der Waals surface area (Å²) in [6, 6.07) is 3.84. The summed E-state index contributed by atoms with van der Waals surface area (Å²) in [5.41, 5.74) is -0.567. The van der Waals surface area contributed by atoms with Crippen molar-refractivity contribution < 1.29 is 13.2 Å². The molecule has 86 valence electrons. The van der Waals surface area contributed by atoms with E-state index in [0.29, 0.717) is 12.0 Å². The van der Waals surface area contributed by atoms with E-state index in [0.717, 1.165) is 6.07 Å². The normalized spacial score (nSPS) is 10.9. The molecule has 16 heavy (non-hydrogen) atoms. The average Bonchev–Trinajstić information content (AvgIpc) is 2.15. The van der Waals surface area contributed by atoms with Crippen molar-refractivity contribution in [1.82, 2.24) is 0 Å². The number of benzene rings is 1. The van der Waals surface area contributed by atoms with Gasteiger partial charge in [-0.15, -0.1) is 0 Å². The van der Waals surface area contributed by atoms with E-state index in [1.807, 2.05) is 13.8 Å². The Morgan fingerprint density at radius 1 is 1.31 bits per heavy atom. The van der Waals surface area contributed by atoms with E-state index in [-0.39, 0.29) is 5.92 Å². The molecule has 1 nitrogen and oxygen atoms in total. The molecule has 0 saturated heterocycles. The fourth-order valence-electron chi connectivity index (χ4n) is 1.57. The van der Waals surface area contributed by atoms with Gasteiger partial charge >= 0.3 is 0 Å². The molecule has 0 unspecified atom stereocenters. The van der Waals surface area contributed by atoms with Crippen molar-refractivity contribution in [1.29, 1.82) is 5.26 Å². The molecule has 0 heterocycles. The lowest BCUT2D eigenvalue weighted by atomic mass is 9.98. The lowest BCUT2D eigenvalue weighted by Crippen LogP contribution is -2.01. The summed E-state index contributed by atoms with van der Waals surface area (Å²) < 4.78 is 38.6. The maximum atomic E-state index is 13.4. The third-order valence-electron chi connectivity index (χ3n) is 2.17. The molecule has 1 aromatic rings. The zero-order valence-electron chi connectivity index (χ0n) is 9.10. The third-order valence-corrected chi connectivity index (χ3v) is 2.17. The highest BCUT2D eigenvalue weighted by molar-refractivity contribution is 5.42. The second-order valence-corrected chi connectivity index (χ2v) is 4.05. The topological polar surface area (TPSA) is 23.8 Å². The smallest absolute Gasteiger partial charge is 0.206 e. The van der Waals surface area contributed by atoms with Gasteiger partial charge in [-0.25, -0.2) is 13.2 Å². The summed E-state index contributed by atoms with van der Waals surface area (Å²) in [6.07, 6.45) is -2.31. The number of rotatable bonds is 3. The Bertz CT molecular complexity index is 419. The van der Waals surface area contributed by atoms with Crippen LogP contribution in [0.15, 0.2) is 12.1 Å². The Morgan fingerprint density at radius 3 is 2.38 bits per heavy atom. The minimum atomic E-state index is -2.82. The van der Waals surface area contributed by atoms with Crippen molar-refractivity contribution in [3.8, 4) is 6.07 Å². The standard InChI is InChI=1S/C12H12F3N/c1-7(2)3-8-4-9(12(14)15)10(6-16)11(13)5-8/h4-5,7,12H,3H2,1-2H3. The Kier molecular flexibility index (Phi) is 3.94. The van der Waals surface area contributed by atoms with E-state index < -0.39 is 23.4 Å². The van der Waals surface area contributed by atoms with E-state index in [1.165, 1.54) is 12.1 Å². The van der Waals surface area contributed by atoms with Crippen LogP contribution < -0.4 is 0 Å². The first-order chi connectivity index (χ1) is 7.45. The minimum absolute atomic E-state index is 0.248. The van der Waals surface area contributed by atoms with E-state index >= 15 is 0 Å². The second-order valence-electron chi connectivity index (χ2n) is 4.05. The lowest BCUT2D eigenvalue weighted by molar-refractivity contribution is 0.150. The van der Waals surface area contributed by atoms with Crippen molar-refractivity contribution >= 4 is 0 Å². The number of hydrogen-bond acceptors (Lipinski definition) is 1. The molecular formula is C12H12F3N. The van der Waals surface area contributed by atoms with Crippen molar-refractivity contribution in [2.45, 2.75) is 26.7 Å². The lowest BCUT2D eigenvalue weighted by Gasteiger charge is -2.09. The molecule has 0 amide bonds. The van der Waals surface area contributed by atoms with Crippen molar-refractivity contribution in [3.05, 3.63) is 34.6 Å². The number of hydrogen-bond donors (Lipinski definition) is 0. The number of halogens is 3. The van der Waals surface area contributed by atoms with Gasteiger partial charge in [0.05, 0.1) is 5.56 Å². The van der Waals surface area contributed by atoms with Gasteiger partial charge in [0.15, 0.2) is 0 Å². The first kappa shape index (κ1) is 12.6. The highest BCUT2D eigenvalue weighted by atomic mass is 19.3. The van der Waals surface area contributed by atoms with Crippen LogP contribution in [-0.4, -0.2) is 0 Å². The van der Waals surface area contributed by atoms with Gasteiger partial charge in [-0.2, -0.15) is 5.26 Å². The maximum absolute atomic E-state index is 13.4. The summed E-state index contributed by atoms with van der Waals surface area (Å²) in [6.45, 7) is 3.83. The molecule has 0 aromatic heterocycles. The van der Waals surface area contributed by atoms with Gasteiger partial charge in [-0.05, 0) is 30.0 Å². The predicted octanol–water partition coefficient (Wildman–Crippen LogP) is 3.83. The van der Waals surface area contributed by atoms with Crippen LogP contribution in [0.5, 0.6) is 0 Å². The number of nitriles is 1. The van der Waals surface area contributed by atoms with Gasteiger partial charge in [0, 0.05) is 5.56 Å². The molecule has 1 aromatic carbocycles. The zero-order valence-corrected chi connectivity index (χ0v) is 9.10. The molecule has 0 aliphatic carbocycles. The minimum Gasteiger partial charge on any atom is -0.206 e. The van der Waals surface area contributed by atoms with Gasteiger partial charge in [-0.1, -0.05) is 13.8 Å². The summed E-state index contributed by atoms with van der Waals surface area (Å²) in [7, 11) is 0. The van der Waals surface area contributed by atoms with E-state index in [9.17, 15) is 13.2 Å². The van der Waals surface area contributed by atoms with Gasteiger partial charge in [0.25, 0.3) is 6.43 Å². The van der Waals surface area contributed by atoms with Crippen LogP contribution in [0.1, 0.15) is 37.0 Å². The van der Waals surface area contributed by atoms with Crippen LogP contribution >= 0.6 is 0 Å². The molecule has 0 aliphatic rings. The Hall–Kier alpha value is -1.50. The summed E-state index contributed by atoms with van der Waals surface area (Å²) >= 11 is 0. The highest BCUT2D eigenvalue weighted by Crippen LogP contribution is 2.26. The van der Waals surface area contributed by atoms with Crippen molar-refractivity contribution in [2.24, 2.45) is 5.92 Å². The second kappa shape index (κ2) is 5.02. The van der Waals surface area contributed by atoms with Gasteiger partial charge in [0.1, 0.15) is 11.9 Å². The molecule has 4 heteroatoms. The van der Waals surface area contributed by atoms with E-state index in [4.69, 9.17) is 5.26 Å². The largest absolute Gasteiger partial charge is 0.265 e. The number of alkyl halides is 2. The van der Waals surface area contributed by atoms with Gasteiger partial charge < -0.3 is 0 Å². The van der Waals surface area contributed by atoms with Crippen molar-refractivity contribution in [2.75, 3.05) is 0 Å². The fourth-order valence-corrected chi connectivity index (χ4v) is 1.57. The monoisotopic (exact) mass is 227 g/mol. The summed E-state index contributed by atoms with van der Waals surface area (Å²) in [5.74, 6) is -0.617. The summed E-state index contributed by atoms with van der Waals surface area (Å²) in [4.78, 5) is 0. The molecule has 0 bridgehead atoms. The van der Waals surface area contributed by atoms with Crippen LogP contribution in [0.25, 0.3) is 0 Å². The molecule has 0 N–H and O–H groups in total. The number of nitrogens with zero attached hydrogens (tertiary/aromatic N) is 1. The Labute approximate surface area is 92.5 Å². The molecule has 0 radical (unpaired) electrons. The van der Waals surface area contributed by atoms with E-state index in [2.05, 4.69) is 0 Å². The molecule has 0 atom stereocenters. The SMILES string of the molecule is CC(C)Cc1cc(F)c(C#N)c(C(F)F)c1. The predicted molar refractivity (Wildman–Crippen MR) is 54.6 cm³/mol. The third kappa shape index (κ3) is 2.75. The first-order valence-corrected chi connectivity index (χ1v) is 4.96. The first-order valence-electron chi connectivity index (χ1n) is 4.96. The van der Waals surface area contributed by atoms with Gasteiger partial charge in [0.2, 0.25) is 0 Å². The van der Waals surface area contributed by atoms with Crippen LogP contribution in [-0.2, 0) is 6.42 Å². The van der Waals surface area contributed by atoms with Crippen LogP contribution in [0, 0.1) is 23.1 Å². The zero-order chi connectivity index (χ0) is 12.3. The molecular weight excluding hydrogens is 215 g/mol. The molecule has 1 rings (SSSR count). The Morgan fingerprint density at radius 2 is 1.94 bits per heavy atom. The Balaban J connectivity index is 3.24. The molecule has 0 aliphatic heterocycles. The molecule has 0 spiro atoms. The van der Waals surface area contributed by atoms with Crippen LogP contribution in [0.4, 0.5) is 13.2 Å². The quantitative estimate of drug-likeness (QED) is 0.769. The van der Waals surface area contributed by atoms with E-state index in [1.54, 1.807) is 0 Å². The molecule has 0 fully saturated rings. The fraction of sp³-hybridized carbons (Fsp3) is 0.417. The highest BCUT2D eigenvalue weighted by Gasteiger charge is 2.18. The summed E-state index contributed by atoms with van der Waals surface area (Å²) in [5, 5.41) is 8.60. The van der Waals surface area contributed by atoms with Crippen LogP contribution in [0.3, 0.4) is 0 Å². The molecule has 0 saturated carbocycles. The van der Waals surface area contributed by atoms with Crippen LogP contribution in [0.2, 0.25) is 0 Å². The maximum Gasteiger partial charge on any atom is 0.265 e. The van der Waals surface area contributed by atoms with Gasteiger partial charge in [-0.3, -0.25) is 0 Å².